The number of imidazole rings is 1. The maximum absolute atomic E-state index is 12.9. The lowest BCUT2D eigenvalue weighted by atomic mass is 10.1. The Bertz CT molecular complexity index is 1060. The first-order valence-electron chi connectivity index (χ1n) is 9.34. The molecule has 0 spiro atoms. The van der Waals surface area contributed by atoms with Crippen molar-refractivity contribution in [3.05, 3.63) is 59.9 Å². The van der Waals surface area contributed by atoms with Crippen LogP contribution in [-0.4, -0.2) is 59.2 Å². The smallest absolute Gasteiger partial charge is 0.254 e. The minimum Gasteiger partial charge on any atom is -0.496 e. The molecule has 1 aliphatic heterocycles. The average Bonchev–Trinajstić information content (AvgIpc) is 3.15. The van der Waals surface area contributed by atoms with Crippen LogP contribution in [0.15, 0.2) is 48.8 Å². The number of nitrogens with two attached hydrogens (primary N) is 1. The zero-order chi connectivity index (χ0) is 20.4. The zero-order valence-corrected chi connectivity index (χ0v) is 16.1. The highest BCUT2D eigenvalue weighted by Crippen LogP contribution is 2.22. The molecule has 8 nitrogen and oxygen atoms in total. The van der Waals surface area contributed by atoms with Crippen molar-refractivity contribution >= 4 is 22.8 Å². The Morgan fingerprint density at radius 3 is 2.90 bits per heavy atom. The topological polar surface area (TPSA) is 99.7 Å². The van der Waals surface area contributed by atoms with Crippen LogP contribution < -0.4 is 10.5 Å². The molecule has 1 saturated heterocycles. The van der Waals surface area contributed by atoms with Gasteiger partial charge in [0.1, 0.15) is 5.75 Å². The van der Waals surface area contributed by atoms with Gasteiger partial charge in [0.25, 0.3) is 5.91 Å². The Morgan fingerprint density at radius 2 is 2.10 bits per heavy atom. The fraction of sp³-hybridized carbons (Fsp3) is 0.286. The highest BCUT2D eigenvalue weighted by molar-refractivity contribution is 5.97. The zero-order valence-electron chi connectivity index (χ0n) is 16.1. The lowest BCUT2D eigenvalue weighted by Gasteiger charge is -2.31. The van der Waals surface area contributed by atoms with Gasteiger partial charge in [-0.2, -0.15) is 0 Å². The van der Waals surface area contributed by atoms with Crippen LogP contribution in [0.4, 0.5) is 0 Å². The fourth-order valence-electron chi connectivity index (χ4n) is 3.53. The number of fused-ring (bicyclic) bond motifs is 1. The number of rotatable bonds is 5. The molecule has 1 aromatic heterocycles. The van der Waals surface area contributed by atoms with Crippen LogP contribution in [0.5, 0.6) is 5.75 Å². The van der Waals surface area contributed by atoms with Crippen molar-refractivity contribution in [3.8, 4) is 5.75 Å². The number of ether oxygens (including phenoxy) is 2. The summed E-state index contributed by atoms with van der Waals surface area (Å²) in [6, 6.07) is 13.3. The number of hydrogen-bond donors (Lipinski definition) is 1. The van der Waals surface area contributed by atoms with Gasteiger partial charge in [0.05, 0.1) is 44.2 Å². The van der Waals surface area contributed by atoms with Gasteiger partial charge in [0.15, 0.2) is 6.10 Å². The maximum Gasteiger partial charge on any atom is 0.254 e. The van der Waals surface area contributed by atoms with E-state index in [1.165, 1.54) is 0 Å². The van der Waals surface area contributed by atoms with Gasteiger partial charge in [-0.15, -0.1) is 0 Å². The molecule has 1 unspecified atom stereocenters. The Kier molecular flexibility index (Phi) is 5.18. The summed E-state index contributed by atoms with van der Waals surface area (Å²) in [6.45, 7) is 1.48. The van der Waals surface area contributed by atoms with E-state index in [2.05, 4.69) is 4.98 Å². The van der Waals surface area contributed by atoms with Gasteiger partial charge in [0.2, 0.25) is 5.91 Å². The molecule has 1 fully saturated rings. The lowest BCUT2D eigenvalue weighted by Crippen LogP contribution is -2.50. The predicted octanol–water partition coefficient (Wildman–Crippen LogP) is 1.42. The van der Waals surface area contributed by atoms with Gasteiger partial charge in [0, 0.05) is 17.7 Å². The van der Waals surface area contributed by atoms with Crippen molar-refractivity contribution in [1.82, 2.24) is 14.5 Å². The van der Waals surface area contributed by atoms with E-state index in [4.69, 9.17) is 15.2 Å². The monoisotopic (exact) mass is 394 g/mol. The van der Waals surface area contributed by atoms with E-state index in [-0.39, 0.29) is 19.1 Å². The van der Waals surface area contributed by atoms with Crippen molar-refractivity contribution in [2.75, 3.05) is 26.8 Å². The normalized spacial score (nSPS) is 16.7. The molecule has 150 valence electrons. The fourth-order valence-corrected chi connectivity index (χ4v) is 3.53. The van der Waals surface area contributed by atoms with Crippen molar-refractivity contribution < 1.29 is 19.1 Å². The first kappa shape index (κ1) is 18.9. The molecule has 4 rings (SSSR count). The van der Waals surface area contributed by atoms with Gasteiger partial charge in [-0.3, -0.25) is 9.59 Å². The lowest BCUT2D eigenvalue weighted by molar-refractivity contribution is -0.133. The summed E-state index contributed by atoms with van der Waals surface area (Å²) < 4.78 is 12.7. The molecule has 2 amide bonds. The maximum atomic E-state index is 12.9. The first-order valence-corrected chi connectivity index (χ1v) is 9.34. The number of amides is 2. The highest BCUT2D eigenvalue weighted by atomic mass is 16.5. The van der Waals surface area contributed by atoms with Gasteiger partial charge < -0.3 is 24.7 Å². The molecular formula is C21H22N4O4. The number of carbonyl (C=O) groups excluding carboxylic acids is 2. The second-order valence-corrected chi connectivity index (χ2v) is 6.90. The molecule has 2 aromatic carbocycles. The quantitative estimate of drug-likeness (QED) is 0.706. The highest BCUT2D eigenvalue weighted by Gasteiger charge is 2.28. The number of primary amides is 1. The standard InChI is InChI=1S/C21H22N4O4/c1-28-18-5-3-2-4-15(18)11-25-13-23-16-10-14(6-7-17(16)25)21(27)24-8-9-29-19(12-24)20(22)26/h2-7,10,13,19H,8-9,11-12H2,1H3,(H2,22,26). The summed E-state index contributed by atoms with van der Waals surface area (Å²) >= 11 is 0. The van der Waals surface area contributed by atoms with Crippen molar-refractivity contribution in [3.63, 3.8) is 0 Å². The molecule has 0 aliphatic carbocycles. The molecular weight excluding hydrogens is 372 g/mol. The third-order valence-electron chi connectivity index (χ3n) is 5.07. The second kappa shape index (κ2) is 7.92. The van der Waals surface area contributed by atoms with Gasteiger partial charge in [-0.1, -0.05) is 18.2 Å². The summed E-state index contributed by atoms with van der Waals surface area (Å²) in [4.78, 5) is 30.3. The summed E-state index contributed by atoms with van der Waals surface area (Å²) in [5.74, 6) is 0.0891. The van der Waals surface area contributed by atoms with Crippen molar-refractivity contribution in [1.29, 1.82) is 0 Å². The van der Waals surface area contributed by atoms with Crippen LogP contribution >= 0.6 is 0 Å². The van der Waals surface area contributed by atoms with E-state index in [9.17, 15) is 9.59 Å². The van der Waals surface area contributed by atoms with E-state index >= 15 is 0 Å². The number of benzene rings is 2. The molecule has 0 bridgehead atoms. The Balaban J connectivity index is 1.56. The van der Waals surface area contributed by atoms with Gasteiger partial charge in [-0.25, -0.2) is 4.98 Å². The molecule has 0 radical (unpaired) electrons. The van der Waals surface area contributed by atoms with Crippen molar-refractivity contribution in [2.24, 2.45) is 5.73 Å². The minimum absolute atomic E-state index is 0.161. The van der Waals surface area contributed by atoms with E-state index in [0.29, 0.717) is 18.7 Å². The molecule has 1 aliphatic rings. The molecule has 8 heteroatoms. The number of morpholine rings is 1. The predicted molar refractivity (Wildman–Crippen MR) is 107 cm³/mol. The number of hydrogen-bond acceptors (Lipinski definition) is 5. The summed E-state index contributed by atoms with van der Waals surface area (Å²) in [6.07, 6.45) is 0.986. The Morgan fingerprint density at radius 1 is 1.28 bits per heavy atom. The van der Waals surface area contributed by atoms with Gasteiger partial charge in [-0.05, 0) is 24.3 Å². The second-order valence-electron chi connectivity index (χ2n) is 6.90. The van der Waals surface area contributed by atoms with E-state index < -0.39 is 12.0 Å². The molecule has 3 aromatic rings. The van der Waals surface area contributed by atoms with Crippen LogP contribution in [0.3, 0.4) is 0 Å². The third kappa shape index (κ3) is 3.79. The van der Waals surface area contributed by atoms with Crippen LogP contribution in [0.25, 0.3) is 11.0 Å². The van der Waals surface area contributed by atoms with E-state index in [1.807, 2.05) is 34.9 Å². The van der Waals surface area contributed by atoms with Crippen LogP contribution in [-0.2, 0) is 16.1 Å². The van der Waals surface area contributed by atoms with Crippen LogP contribution in [0.1, 0.15) is 15.9 Å². The van der Waals surface area contributed by atoms with Crippen LogP contribution in [0, 0.1) is 0 Å². The summed E-state index contributed by atoms with van der Waals surface area (Å²) in [5, 5.41) is 0. The largest absolute Gasteiger partial charge is 0.496 e. The van der Waals surface area contributed by atoms with Gasteiger partial charge >= 0.3 is 0 Å². The average molecular weight is 394 g/mol. The van der Waals surface area contributed by atoms with Crippen LogP contribution in [0.2, 0.25) is 0 Å². The van der Waals surface area contributed by atoms with E-state index in [1.54, 1.807) is 30.5 Å². The summed E-state index contributed by atoms with van der Waals surface area (Å²) in [5.41, 5.74) is 8.51. The van der Waals surface area contributed by atoms with E-state index in [0.717, 1.165) is 22.3 Å². The molecule has 1 atom stereocenters. The Hall–Kier alpha value is -3.39. The van der Waals surface area contributed by atoms with Crippen molar-refractivity contribution in [2.45, 2.75) is 12.6 Å². The summed E-state index contributed by atoms with van der Waals surface area (Å²) in [7, 11) is 1.65. The molecule has 29 heavy (non-hydrogen) atoms. The molecule has 0 saturated carbocycles. The number of para-hydroxylation sites is 1. The number of carbonyl (C=O) groups is 2. The SMILES string of the molecule is COc1ccccc1Cn1cnc2cc(C(=O)N3CCOC(C(N)=O)C3)ccc21. The number of nitrogens with zero attached hydrogens (tertiary/aromatic N) is 3. The number of methoxy groups -OCH3 is 1. The molecule has 2 heterocycles. The Labute approximate surface area is 167 Å². The molecule has 2 N–H and O–H groups in total. The first-order chi connectivity index (χ1) is 14.1. The minimum atomic E-state index is -0.767. The number of aromatic nitrogens is 2. The third-order valence-corrected chi connectivity index (χ3v) is 5.07.